The Bertz CT molecular complexity index is 685. The van der Waals surface area contributed by atoms with Crippen LogP contribution < -0.4 is 11.5 Å². The second-order valence-corrected chi connectivity index (χ2v) is 5.36. The van der Waals surface area contributed by atoms with Gasteiger partial charge in [-0.2, -0.15) is 0 Å². The van der Waals surface area contributed by atoms with Crippen LogP contribution in [0.15, 0.2) is 72.8 Å². The van der Waals surface area contributed by atoms with Crippen LogP contribution in [0.25, 0.3) is 5.57 Å². The monoisotopic (exact) mass is 278 g/mol. The van der Waals surface area contributed by atoms with Crippen molar-refractivity contribution in [3.8, 4) is 0 Å². The summed E-state index contributed by atoms with van der Waals surface area (Å²) in [6.45, 7) is 0. The first-order valence-electron chi connectivity index (χ1n) is 6.89. The number of nitrogen functional groups attached to an aromatic ring is 1. The molecule has 0 saturated heterocycles. The quantitative estimate of drug-likeness (QED) is 0.449. The van der Waals surface area contributed by atoms with Crippen LogP contribution in [0, 0.1) is 0 Å². The number of rotatable bonds is 2. The van der Waals surface area contributed by atoms with E-state index in [4.69, 9.17) is 11.5 Å². The molecule has 2 aromatic rings. The van der Waals surface area contributed by atoms with E-state index >= 15 is 0 Å². The van der Waals surface area contributed by atoms with Gasteiger partial charge in [0, 0.05) is 11.6 Å². The summed E-state index contributed by atoms with van der Waals surface area (Å²) in [5.41, 5.74) is 14.1. The number of hydrogen-bond donors (Lipinski definition) is 3. The molecule has 0 aromatic heterocycles. The van der Waals surface area contributed by atoms with Crippen LogP contribution in [-0.4, -0.2) is 10.8 Å². The Morgan fingerprint density at radius 3 is 2.29 bits per heavy atom. The molecule has 106 valence electrons. The summed E-state index contributed by atoms with van der Waals surface area (Å²) in [5, 5.41) is 10.1. The number of hydrogen-bond acceptors (Lipinski definition) is 3. The molecule has 0 saturated carbocycles. The summed E-state index contributed by atoms with van der Waals surface area (Å²) < 4.78 is 0. The highest BCUT2D eigenvalue weighted by molar-refractivity contribution is 5.76. The minimum absolute atomic E-state index is 0.0526. The van der Waals surface area contributed by atoms with Crippen LogP contribution in [0.3, 0.4) is 0 Å². The second kappa shape index (κ2) is 5.20. The predicted molar refractivity (Wildman–Crippen MR) is 86.3 cm³/mol. The standard InChI is InChI=1S/C18H18N2O/c19-15-8-6-14(7-9-15)16-10-11-18(20,21)12-17(16)13-4-2-1-3-5-13/h1-12,16,21H,19-20H2. The van der Waals surface area contributed by atoms with Gasteiger partial charge >= 0.3 is 0 Å². The van der Waals surface area contributed by atoms with Crippen molar-refractivity contribution in [1.82, 2.24) is 0 Å². The first kappa shape index (κ1) is 13.6. The lowest BCUT2D eigenvalue weighted by Gasteiger charge is -2.27. The highest BCUT2D eigenvalue weighted by atomic mass is 16.3. The van der Waals surface area contributed by atoms with E-state index in [0.717, 1.165) is 22.4 Å². The lowest BCUT2D eigenvalue weighted by Crippen LogP contribution is -2.37. The summed E-state index contributed by atoms with van der Waals surface area (Å²) in [6.07, 6.45) is 5.28. The molecule has 0 fully saturated rings. The third-order valence-electron chi connectivity index (χ3n) is 3.68. The molecule has 0 spiro atoms. The molecule has 2 unspecified atom stereocenters. The van der Waals surface area contributed by atoms with E-state index in [9.17, 15) is 5.11 Å². The summed E-state index contributed by atoms with van der Waals surface area (Å²) in [6, 6.07) is 17.7. The van der Waals surface area contributed by atoms with Crippen molar-refractivity contribution >= 4 is 11.3 Å². The molecule has 2 atom stereocenters. The van der Waals surface area contributed by atoms with Crippen LogP contribution in [0.2, 0.25) is 0 Å². The van der Waals surface area contributed by atoms with Crippen LogP contribution in [0.1, 0.15) is 17.0 Å². The maximum absolute atomic E-state index is 10.1. The predicted octanol–water partition coefficient (Wildman–Crippen LogP) is 2.65. The number of aliphatic hydroxyl groups is 1. The molecule has 1 aliphatic carbocycles. The smallest absolute Gasteiger partial charge is 0.152 e. The van der Waals surface area contributed by atoms with Crippen LogP contribution >= 0.6 is 0 Å². The zero-order chi connectivity index (χ0) is 14.9. The number of anilines is 1. The molecular weight excluding hydrogens is 260 g/mol. The Labute approximate surface area is 124 Å². The normalized spacial score (nSPS) is 24.7. The molecule has 2 aromatic carbocycles. The SMILES string of the molecule is Nc1ccc(C2C=CC(N)(O)C=C2c2ccccc2)cc1. The Balaban J connectivity index is 2.07. The topological polar surface area (TPSA) is 72.3 Å². The molecule has 3 rings (SSSR count). The molecule has 0 aliphatic heterocycles. The summed E-state index contributed by atoms with van der Waals surface area (Å²) >= 11 is 0. The lowest BCUT2D eigenvalue weighted by molar-refractivity contribution is 0.149. The molecule has 3 nitrogen and oxygen atoms in total. The zero-order valence-electron chi connectivity index (χ0n) is 11.6. The molecule has 5 N–H and O–H groups in total. The minimum Gasteiger partial charge on any atom is -0.399 e. The summed E-state index contributed by atoms with van der Waals surface area (Å²) in [7, 11) is 0. The molecule has 0 amide bonds. The van der Waals surface area contributed by atoms with Gasteiger partial charge in [0.15, 0.2) is 5.72 Å². The third-order valence-corrected chi connectivity index (χ3v) is 3.68. The highest BCUT2D eigenvalue weighted by Crippen LogP contribution is 2.37. The Hall–Kier alpha value is -2.36. The molecule has 0 radical (unpaired) electrons. The average molecular weight is 278 g/mol. The van der Waals surface area contributed by atoms with Gasteiger partial charge in [0.1, 0.15) is 0 Å². The van der Waals surface area contributed by atoms with Crippen molar-refractivity contribution < 1.29 is 5.11 Å². The lowest BCUT2D eigenvalue weighted by atomic mass is 9.81. The minimum atomic E-state index is -1.41. The van der Waals surface area contributed by atoms with E-state index in [-0.39, 0.29) is 5.92 Å². The van der Waals surface area contributed by atoms with Gasteiger partial charge in [0.2, 0.25) is 0 Å². The van der Waals surface area contributed by atoms with Crippen molar-refractivity contribution in [2.75, 3.05) is 5.73 Å². The van der Waals surface area contributed by atoms with E-state index in [1.165, 1.54) is 0 Å². The van der Waals surface area contributed by atoms with Crippen molar-refractivity contribution in [1.29, 1.82) is 0 Å². The second-order valence-electron chi connectivity index (χ2n) is 5.36. The molecule has 21 heavy (non-hydrogen) atoms. The fourth-order valence-electron chi connectivity index (χ4n) is 2.63. The van der Waals surface area contributed by atoms with Crippen molar-refractivity contribution in [3.05, 3.63) is 84.0 Å². The van der Waals surface area contributed by atoms with Crippen molar-refractivity contribution in [3.63, 3.8) is 0 Å². The van der Waals surface area contributed by atoms with Crippen molar-refractivity contribution in [2.45, 2.75) is 11.6 Å². The number of nitrogens with two attached hydrogens (primary N) is 2. The highest BCUT2D eigenvalue weighted by Gasteiger charge is 2.26. The zero-order valence-corrected chi connectivity index (χ0v) is 11.6. The molecule has 1 aliphatic rings. The first-order chi connectivity index (χ1) is 10.1. The molecule has 0 heterocycles. The third kappa shape index (κ3) is 2.89. The number of allylic oxidation sites excluding steroid dienone is 2. The van der Waals surface area contributed by atoms with E-state index in [1.54, 1.807) is 12.2 Å². The van der Waals surface area contributed by atoms with E-state index in [2.05, 4.69) is 0 Å². The van der Waals surface area contributed by atoms with Gasteiger partial charge in [-0.15, -0.1) is 0 Å². The van der Waals surface area contributed by atoms with Gasteiger partial charge in [0.25, 0.3) is 0 Å². The Morgan fingerprint density at radius 1 is 0.952 bits per heavy atom. The Morgan fingerprint density at radius 2 is 1.62 bits per heavy atom. The van der Waals surface area contributed by atoms with Gasteiger partial charge < -0.3 is 10.8 Å². The van der Waals surface area contributed by atoms with E-state index in [1.807, 2.05) is 60.7 Å². The fourth-order valence-corrected chi connectivity index (χ4v) is 2.63. The Kier molecular flexibility index (Phi) is 3.37. The van der Waals surface area contributed by atoms with E-state index in [0.29, 0.717) is 0 Å². The van der Waals surface area contributed by atoms with Gasteiger partial charge in [-0.3, -0.25) is 5.73 Å². The molecular formula is C18H18N2O. The maximum Gasteiger partial charge on any atom is 0.152 e. The fraction of sp³-hybridized carbons (Fsp3) is 0.111. The van der Waals surface area contributed by atoms with Crippen molar-refractivity contribution in [2.24, 2.45) is 5.73 Å². The van der Waals surface area contributed by atoms with Crippen LogP contribution in [-0.2, 0) is 0 Å². The molecule has 0 bridgehead atoms. The first-order valence-corrected chi connectivity index (χ1v) is 6.89. The van der Waals surface area contributed by atoms with E-state index < -0.39 is 5.72 Å². The van der Waals surface area contributed by atoms with Crippen LogP contribution in [0.4, 0.5) is 5.69 Å². The van der Waals surface area contributed by atoms with Gasteiger partial charge in [0.05, 0.1) is 0 Å². The molecule has 3 heteroatoms. The van der Waals surface area contributed by atoms with Gasteiger partial charge in [-0.25, -0.2) is 0 Å². The summed E-state index contributed by atoms with van der Waals surface area (Å²) in [5.74, 6) is 0.0526. The maximum atomic E-state index is 10.1. The number of benzene rings is 2. The van der Waals surface area contributed by atoms with Gasteiger partial charge in [-0.1, -0.05) is 48.5 Å². The van der Waals surface area contributed by atoms with Gasteiger partial charge in [-0.05, 0) is 41.0 Å². The average Bonchev–Trinajstić information content (AvgIpc) is 2.48. The largest absolute Gasteiger partial charge is 0.399 e. The summed E-state index contributed by atoms with van der Waals surface area (Å²) in [4.78, 5) is 0. The van der Waals surface area contributed by atoms with Crippen LogP contribution in [0.5, 0.6) is 0 Å².